The number of aliphatic hydroxyl groups is 2. The number of fused-ring (bicyclic) bond motifs is 2. The molecule has 3 aliphatic heterocycles. The molecule has 3 amide bonds. The number of imide groups is 1. The Kier molecular flexibility index (Phi) is 3.32. The molecule has 3 N–H and O–H groups in total. The highest BCUT2D eigenvalue weighted by molar-refractivity contribution is 6.06. The van der Waals surface area contributed by atoms with Crippen molar-refractivity contribution in [2.75, 3.05) is 6.61 Å². The van der Waals surface area contributed by atoms with E-state index in [1.54, 1.807) is 0 Å². The zero-order chi connectivity index (χ0) is 16.3. The van der Waals surface area contributed by atoms with E-state index in [0.717, 1.165) is 0 Å². The van der Waals surface area contributed by atoms with Gasteiger partial charge in [0.15, 0.2) is 5.72 Å². The Balaban J connectivity index is 2.07. The number of carbonyl (C=O) groups excluding carboxylic acids is 2. The summed E-state index contributed by atoms with van der Waals surface area (Å²) in [4.78, 5) is 29.9. The van der Waals surface area contributed by atoms with Gasteiger partial charge in [-0.2, -0.15) is 0 Å². The summed E-state index contributed by atoms with van der Waals surface area (Å²) in [6.07, 6.45) is -2.11. The molecule has 4 atom stereocenters. The third-order valence-corrected chi connectivity index (χ3v) is 4.32. The Morgan fingerprint density at radius 1 is 1.45 bits per heavy atom. The van der Waals surface area contributed by atoms with Crippen LogP contribution in [-0.2, 0) is 9.53 Å². The van der Waals surface area contributed by atoms with E-state index < -0.39 is 35.5 Å². The number of aliphatic hydroxyl groups excluding tert-OH is 2. The first kappa shape index (κ1) is 15.4. The summed E-state index contributed by atoms with van der Waals surface area (Å²) in [5, 5.41) is 21.8. The summed E-state index contributed by atoms with van der Waals surface area (Å²) in [6, 6.07) is -0.574. The van der Waals surface area contributed by atoms with E-state index in [0.29, 0.717) is 5.71 Å². The van der Waals surface area contributed by atoms with Crippen LogP contribution >= 0.6 is 0 Å². The van der Waals surface area contributed by atoms with Crippen LogP contribution in [-0.4, -0.2) is 63.5 Å². The molecule has 2 fully saturated rings. The van der Waals surface area contributed by atoms with Gasteiger partial charge in [-0.15, -0.1) is 0 Å². The van der Waals surface area contributed by atoms with E-state index in [1.165, 1.54) is 4.90 Å². The molecule has 0 bridgehead atoms. The smallest absolute Gasteiger partial charge is 0.328 e. The first-order chi connectivity index (χ1) is 10.2. The summed E-state index contributed by atoms with van der Waals surface area (Å²) in [5.41, 5.74) is -1.00. The van der Waals surface area contributed by atoms with Crippen molar-refractivity contribution in [3.63, 3.8) is 0 Å². The van der Waals surface area contributed by atoms with Gasteiger partial charge in [0, 0.05) is 11.8 Å². The fourth-order valence-corrected chi connectivity index (χ4v) is 3.53. The second-order valence-corrected chi connectivity index (χ2v) is 7.03. The third kappa shape index (κ3) is 2.05. The van der Waals surface area contributed by atoms with Gasteiger partial charge in [0.1, 0.15) is 12.3 Å². The first-order valence-electron chi connectivity index (χ1n) is 7.37. The summed E-state index contributed by atoms with van der Waals surface area (Å²) in [6.45, 7) is 5.47. The van der Waals surface area contributed by atoms with E-state index in [2.05, 4.69) is 10.3 Å². The van der Waals surface area contributed by atoms with Crippen LogP contribution in [0.15, 0.2) is 4.99 Å². The highest BCUT2D eigenvalue weighted by Crippen LogP contribution is 2.46. The molecule has 0 saturated carbocycles. The predicted octanol–water partition coefficient (Wildman–Crippen LogP) is -0.407. The number of amides is 3. The van der Waals surface area contributed by atoms with Crippen LogP contribution in [0.4, 0.5) is 4.79 Å². The van der Waals surface area contributed by atoms with Crippen LogP contribution in [0, 0.1) is 5.41 Å². The number of ether oxygens (including phenoxy) is 1. The van der Waals surface area contributed by atoms with Crippen LogP contribution in [0.1, 0.15) is 33.6 Å². The molecule has 1 unspecified atom stereocenters. The van der Waals surface area contributed by atoms with Gasteiger partial charge in [-0.05, 0) is 0 Å². The van der Waals surface area contributed by atoms with Gasteiger partial charge < -0.3 is 14.9 Å². The van der Waals surface area contributed by atoms with E-state index in [-0.39, 0.29) is 25.4 Å². The number of aliphatic imine (C=N–C) groups is 1. The molecule has 122 valence electrons. The Morgan fingerprint density at radius 2 is 2.14 bits per heavy atom. The van der Waals surface area contributed by atoms with Crippen molar-refractivity contribution in [2.45, 2.75) is 57.7 Å². The minimum Gasteiger partial charge on any atom is -0.394 e. The highest BCUT2D eigenvalue weighted by atomic mass is 16.6. The minimum atomic E-state index is -1.21. The maximum atomic E-state index is 12.3. The van der Waals surface area contributed by atoms with Crippen LogP contribution in [0.25, 0.3) is 0 Å². The fourth-order valence-electron chi connectivity index (χ4n) is 3.53. The molecule has 3 heterocycles. The topological polar surface area (TPSA) is 111 Å². The average molecular weight is 311 g/mol. The lowest BCUT2D eigenvalue weighted by Gasteiger charge is -2.41. The quantitative estimate of drug-likeness (QED) is 0.610. The zero-order valence-electron chi connectivity index (χ0n) is 12.9. The Bertz CT molecular complexity index is 555. The van der Waals surface area contributed by atoms with Gasteiger partial charge in [-0.25, -0.2) is 4.79 Å². The van der Waals surface area contributed by atoms with Crippen LogP contribution in [0.2, 0.25) is 0 Å². The summed E-state index contributed by atoms with van der Waals surface area (Å²) in [5.74, 6) is -0.377. The first-order valence-corrected chi connectivity index (χ1v) is 7.37. The van der Waals surface area contributed by atoms with Gasteiger partial charge in [-0.1, -0.05) is 20.8 Å². The number of carbonyl (C=O) groups is 2. The standard InChI is InChI=1S/C14H21N3O5/c1-13(2,3)11-14(5-7(19)8(6-18)22-14)17-9(15-11)4-10(20)16-12(17)21/h7-9,18-19H,4-6H2,1-3H3,(H,16,20,21)/t7-,8+,9?,14-/m0/s1. The van der Waals surface area contributed by atoms with Crippen molar-refractivity contribution in [3.05, 3.63) is 0 Å². The van der Waals surface area contributed by atoms with Gasteiger partial charge in [0.25, 0.3) is 0 Å². The molecule has 0 aromatic rings. The molecular formula is C14H21N3O5. The highest BCUT2D eigenvalue weighted by Gasteiger charge is 2.63. The van der Waals surface area contributed by atoms with Crippen LogP contribution < -0.4 is 5.32 Å². The molecule has 8 heteroatoms. The van der Waals surface area contributed by atoms with Crippen LogP contribution in [0.3, 0.4) is 0 Å². The summed E-state index contributed by atoms with van der Waals surface area (Å²) < 4.78 is 5.91. The lowest BCUT2D eigenvalue weighted by Crippen LogP contribution is -2.64. The number of nitrogens with one attached hydrogen (secondary N) is 1. The maximum Gasteiger partial charge on any atom is 0.328 e. The summed E-state index contributed by atoms with van der Waals surface area (Å²) >= 11 is 0. The van der Waals surface area contributed by atoms with E-state index in [9.17, 15) is 19.8 Å². The molecule has 0 aromatic heterocycles. The lowest BCUT2D eigenvalue weighted by molar-refractivity contribution is -0.130. The number of hydrogen-bond donors (Lipinski definition) is 3. The second-order valence-electron chi connectivity index (χ2n) is 7.03. The number of rotatable bonds is 1. The van der Waals surface area contributed by atoms with Crippen molar-refractivity contribution in [1.82, 2.24) is 10.2 Å². The normalized spacial score (nSPS) is 38.3. The molecule has 3 rings (SSSR count). The summed E-state index contributed by atoms with van der Waals surface area (Å²) in [7, 11) is 0. The van der Waals surface area contributed by atoms with E-state index >= 15 is 0 Å². The number of nitrogens with zero attached hydrogens (tertiary/aromatic N) is 2. The minimum absolute atomic E-state index is 0.0658. The van der Waals surface area contributed by atoms with Crippen LogP contribution in [0.5, 0.6) is 0 Å². The van der Waals surface area contributed by atoms with Gasteiger partial charge in [-0.3, -0.25) is 20.0 Å². The molecule has 0 aromatic carbocycles. The van der Waals surface area contributed by atoms with Gasteiger partial charge in [0.05, 0.1) is 24.8 Å². The molecule has 1 spiro atoms. The van der Waals surface area contributed by atoms with Crippen molar-refractivity contribution in [3.8, 4) is 0 Å². The fraction of sp³-hybridized carbons (Fsp3) is 0.786. The van der Waals surface area contributed by atoms with Crippen molar-refractivity contribution in [2.24, 2.45) is 10.4 Å². The maximum absolute atomic E-state index is 12.3. The lowest BCUT2D eigenvalue weighted by atomic mass is 9.82. The number of hydrogen-bond acceptors (Lipinski definition) is 6. The zero-order valence-corrected chi connectivity index (χ0v) is 12.9. The number of urea groups is 1. The molecule has 0 aliphatic carbocycles. The molecule has 22 heavy (non-hydrogen) atoms. The molecular weight excluding hydrogens is 290 g/mol. The van der Waals surface area contributed by atoms with E-state index in [4.69, 9.17) is 4.74 Å². The Morgan fingerprint density at radius 3 is 2.68 bits per heavy atom. The van der Waals surface area contributed by atoms with Crippen molar-refractivity contribution >= 4 is 17.6 Å². The second kappa shape index (κ2) is 4.74. The monoisotopic (exact) mass is 311 g/mol. The predicted molar refractivity (Wildman–Crippen MR) is 76.0 cm³/mol. The van der Waals surface area contributed by atoms with Gasteiger partial charge >= 0.3 is 6.03 Å². The van der Waals surface area contributed by atoms with Crippen molar-refractivity contribution in [1.29, 1.82) is 0 Å². The SMILES string of the molecule is CC(C)(C)C1=NC2CC(=O)NC(=O)N2[C@]12C[C@H](O)[C@@H](CO)O2. The van der Waals surface area contributed by atoms with Crippen molar-refractivity contribution < 1.29 is 24.5 Å². The Hall–Kier alpha value is -1.51. The molecule has 3 aliphatic rings. The third-order valence-electron chi connectivity index (χ3n) is 4.32. The molecule has 2 saturated heterocycles. The largest absolute Gasteiger partial charge is 0.394 e. The van der Waals surface area contributed by atoms with Gasteiger partial charge in [0.2, 0.25) is 5.91 Å². The molecule has 8 nitrogen and oxygen atoms in total. The van der Waals surface area contributed by atoms with E-state index in [1.807, 2.05) is 20.8 Å². The molecule has 0 radical (unpaired) electrons. The average Bonchev–Trinajstić information content (AvgIpc) is 2.87. The Labute approximate surface area is 128 Å².